The molecule has 7 heteroatoms. The number of nitrogens with zero attached hydrogens (tertiary/aromatic N) is 1. The predicted octanol–water partition coefficient (Wildman–Crippen LogP) is 1.65. The highest BCUT2D eigenvalue weighted by molar-refractivity contribution is 7.84. The Bertz CT molecular complexity index is 550. The molecule has 3 atom stereocenters. The van der Waals surface area contributed by atoms with Crippen molar-refractivity contribution in [1.82, 2.24) is 10.2 Å². The predicted molar refractivity (Wildman–Crippen MR) is 92.2 cm³/mol. The summed E-state index contributed by atoms with van der Waals surface area (Å²) in [5, 5.41) is 5.63. The number of urea groups is 1. The fourth-order valence-electron chi connectivity index (χ4n) is 2.50. The van der Waals surface area contributed by atoms with Gasteiger partial charge in [-0.3, -0.25) is 9.11 Å². The molecule has 2 rings (SSSR count). The van der Waals surface area contributed by atoms with Gasteiger partial charge in [-0.15, -0.1) is 0 Å². The van der Waals surface area contributed by atoms with Gasteiger partial charge in [-0.05, 0) is 38.1 Å². The van der Waals surface area contributed by atoms with Crippen LogP contribution in [0, 0.1) is 0 Å². The summed E-state index contributed by atoms with van der Waals surface area (Å²) in [6, 6.07) is 7.15. The number of carbonyl (C=O) groups is 1. The Kier molecular flexibility index (Phi) is 6.56. The van der Waals surface area contributed by atoms with Gasteiger partial charge in [0.05, 0.1) is 12.7 Å². The summed E-state index contributed by atoms with van der Waals surface area (Å²) in [7, 11) is -1.01. The molecule has 2 amide bonds. The Labute approximate surface area is 140 Å². The van der Waals surface area contributed by atoms with Gasteiger partial charge in [0.25, 0.3) is 0 Å². The Hall–Kier alpha value is -1.44. The Balaban J connectivity index is 1.73. The van der Waals surface area contributed by atoms with Gasteiger partial charge in [0.1, 0.15) is 0 Å². The topological polar surface area (TPSA) is 70.7 Å². The summed E-state index contributed by atoms with van der Waals surface area (Å²) in [6.45, 7) is 7.20. The van der Waals surface area contributed by atoms with Gasteiger partial charge < -0.3 is 15.4 Å². The fourth-order valence-corrected chi connectivity index (χ4v) is 3.02. The van der Waals surface area contributed by atoms with Crippen LogP contribution in [0.15, 0.2) is 29.2 Å². The molecule has 1 saturated heterocycles. The number of nitrogens with one attached hydrogen (secondary N) is 2. The van der Waals surface area contributed by atoms with Crippen LogP contribution < -0.4 is 10.6 Å². The number of hydrogen-bond acceptors (Lipinski definition) is 4. The molecular formula is C16H25N3O3S. The van der Waals surface area contributed by atoms with Crippen LogP contribution in [0.1, 0.15) is 13.8 Å². The number of carbonyl (C=O) groups excluding carboxylic acids is 1. The molecule has 0 aliphatic carbocycles. The zero-order valence-corrected chi connectivity index (χ0v) is 14.7. The maximum absolute atomic E-state index is 11.9. The van der Waals surface area contributed by atoms with Crippen molar-refractivity contribution in [2.75, 3.05) is 37.8 Å². The van der Waals surface area contributed by atoms with E-state index in [0.29, 0.717) is 18.3 Å². The maximum atomic E-state index is 11.9. The maximum Gasteiger partial charge on any atom is 0.319 e. The van der Waals surface area contributed by atoms with E-state index >= 15 is 0 Å². The minimum atomic E-state index is -1.01. The quantitative estimate of drug-likeness (QED) is 0.856. The summed E-state index contributed by atoms with van der Waals surface area (Å²) in [5.74, 6) is 0. The van der Waals surface area contributed by atoms with Gasteiger partial charge >= 0.3 is 6.03 Å². The van der Waals surface area contributed by atoms with E-state index in [0.717, 1.165) is 24.6 Å². The van der Waals surface area contributed by atoms with E-state index < -0.39 is 10.8 Å². The lowest BCUT2D eigenvalue weighted by atomic mass is 10.2. The largest absolute Gasteiger partial charge is 0.376 e. The minimum Gasteiger partial charge on any atom is -0.376 e. The highest BCUT2D eigenvalue weighted by Crippen LogP contribution is 2.12. The molecule has 0 spiro atoms. The van der Waals surface area contributed by atoms with Crippen molar-refractivity contribution < 1.29 is 13.7 Å². The van der Waals surface area contributed by atoms with Crippen LogP contribution in [-0.2, 0) is 15.5 Å². The number of rotatable bonds is 5. The van der Waals surface area contributed by atoms with Crippen molar-refractivity contribution in [2.45, 2.75) is 30.9 Å². The smallest absolute Gasteiger partial charge is 0.319 e. The van der Waals surface area contributed by atoms with Crippen molar-refractivity contribution in [1.29, 1.82) is 0 Å². The summed E-state index contributed by atoms with van der Waals surface area (Å²) < 4.78 is 16.9. The van der Waals surface area contributed by atoms with Crippen LogP contribution in [0.25, 0.3) is 0 Å². The monoisotopic (exact) mass is 339 g/mol. The Morgan fingerprint density at radius 2 is 2.04 bits per heavy atom. The van der Waals surface area contributed by atoms with Crippen LogP contribution in [0.5, 0.6) is 0 Å². The first-order valence-corrected chi connectivity index (χ1v) is 9.35. The van der Waals surface area contributed by atoms with Crippen LogP contribution in [0.2, 0.25) is 0 Å². The first-order valence-electron chi connectivity index (χ1n) is 7.79. The molecule has 0 radical (unpaired) electrons. The highest BCUT2D eigenvalue weighted by Gasteiger charge is 2.22. The van der Waals surface area contributed by atoms with Gasteiger partial charge in [-0.25, -0.2) is 4.79 Å². The van der Waals surface area contributed by atoms with Crippen molar-refractivity contribution in [2.24, 2.45) is 0 Å². The highest BCUT2D eigenvalue weighted by atomic mass is 32.2. The SMILES string of the molecule is CC1CN(CCNC(=O)Nc2ccc(S(C)=O)cc2)C(C)CO1. The number of hydrogen-bond donors (Lipinski definition) is 2. The molecule has 6 nitrogen and oxygen atoms in total. The van der Waals surface area contributed by atoms with Crippen molar-refractivity contribution in [3.05, 3.63) is 24.3 Å². The van der Waals surface area contributed by atoms with Gasteiger partial charge in [-0.1, -0.05) is 0 Å². The van der Waals surface area contributed by atoms with E-state index in [9.17, 15) is 9.00 Å². The zero-order valence-electron chi connectivity index (χ0n) is 13.9. The van der Waals surface area contributed by atoms with Crippen LogP contribution in [0.4, 0.5) is 10.5 Å². The molecule has 128 valence electrons. The van der Waals surface area contributed by atoms with Crippen molar-refractivity contribution in [3.63, 3.8) is 0 Å². The summed E-state index contributed by atoms with van der Waals surface area (Å²) in [4.78, 5) is 15.0. The molecule has 23 heavy (non-hydrogen) atoms. The lowest BCUT2D eigenvalue weighted by Gasteiger charge is -2.36. The first-order chi connectivity index (χ1) is 11.0. The van der Waals surface area contributed by atoms with Gasteiger partial charge in [0, 0.05) is 53.3 Å². The molecule has 2 N–H and O–H groups in total. The van der Waals surface area contributed by atoms with E-state index in [4.69, 9.17) is 4.74 Å². The molecule has 0 bridgehead atoms. The van der Waals surface area contributed by atoms with Crippen LogP contribution in [0.3, 0.4) is 0 Å². The second kappa shape index (κ2) is 8.42. The van der Waals surface area contributed by atoms with E-state index in [-0.39, 0.29) is 12.1 Å². The van der Waals surface area contributed by atoms with Gasteiger partial charge in [0.15, 0.2) is 0 Å². The average Bonchev–Trinajstić information content (AvgIpc) is 2.51. The first kappa shape index (κ1) is 17.9. The minimum absolute atomic E-state index is 0.232. The Morgan fingerprint density at radius 1 is 1.35 bits per heavy atom. The summed E-state index contributed by atoms with van der Waals surface area (Å²) in [5.41, 5.74) is 0.685. The molecular weight excluding hydrogens is 314 g/mol. The average molecular weight is 339 g/mol. The lowest BCUT2D eigenvalue weighted by molar-refractivity contribution is -0.0483. The summed E-state index contributed by atoms with van der Waals surface area (Å²) in [6.07, 6.45) is 1.87. The molecule has 3 unspecified atom stereocenters. The molecule has 0 aromatic heterocycles. The molecule has 1 aliphatic rings. The molecule has 1 aliphatic heterocycles. The second-order valence-electron chi connectivity index (χ2n) is 5.85. The van der Waals surface area contributed by atoms with Gasteiger partial charge in [0.2, 0.25) is 0 Å². The van der Waals surface area contributed by atoms with E-state index in [1.54, 1.807) is 30.5 Å². The number of morpholine rings is 1. The molecule has 1 aromatic rings. The molecule has 1 aromatic carbocycles. The molecule has 0 saturated carbocycles. The van der Waals surface area contributed by atoms with Crippen molar-refractivity contribution >= 4 is 22.5 Å². The summed E-state index contributed by atoms with van der Waals surface area (Å²) >= 11 is 0. The van der Waals surface area contributed by atoms with E-state index in [1.165, 1.54) is 0 Å². The van der Waals surface area contributed by atoms with Crippen LogP contribution >= 0.6 is 0 Å². The third-order valence-electron chi connectivity index (χ3n) is 3.87. The zero-order chi connectivity index (χ0) is 16.8. The standard InChI is InChI=1S/C16H25N3O3S/c1-12-11-22-13(2)10-19(12)9-8-17-16(20)18-14-4-6-15(7-5-14)23(3)21/h4-7,12-13H,8-11H2,1-3H3,(H2,17,18,20). The molecule has 1 fully saturated rings. The number of ether oxygens (including phenoxy) is 1. The van der Waals surface area contributed by atoms with E-state index in [1.807, 2.05) is 0 Å². The van der Waals surface area contributed by atoms with E-state index in [2.05, 4.69) is 29.4 Å². The number of anilines is 1. The third kappa shape index (κ3) is 5.60. The lowest BCUT2D eigenvalue weighted by Crippen LogP contribution is -2.50. The number of benzene rings is 1. The second-order valence-corrected chi connectivity index (χ2v) is 7.23. The third-order valence-corrected chi connectivity index (χ3v) is 4.80. The normalized spacial score (nSPS) is 23.3. The molecule has 1 heterocycles. The van der Waals surface area contributed by atoms with Gasteiger partial charge in [-0.2, -0.15) is 0 Å². The Morgan fingerprint density at radius 3 is 2.70 bits per heavy atom. The fraction of sp³-hybridized carbons (Fsp3) is 0.562. The number of amides is 2. The van der Waals surface area contributed by atoms with Crippen LogP contribution in [-0.4, -0.2) is 59.8 Å². The van der Waals surface area contributed by atoms with Crippen molar-refractivity contribution in [3.8, 4) is 0 Å².